The van der Waals surface area contributed by atoms with Crippen LogP contribution in [0.4, 0.5) is 4.79 Å². The minimum atomic E-state index is -0.571. The van der Waals surface area contributed by atoms with E-state index in [-0.39, 0.29) is 6.61 Å². The molecule has 0 aromatic heterocycles. The fraction of sp³-hybridized carbons (Fsp3) is 0.200. The molecule has 2 rings (SSSR count). The minimum Gasteiger partial charge on any atom is -0.493 e. The van der Waals surface area contributed by atoms with E-state index < -0.39 is 11.9 Å². The highest BCUT2D eigenvalue weighted by atomic mass is 16.5. The Bertz CT molecular complexity index is 773. The second-order valence-electron chi connectivity index (χ2n) is 5.42. The van der Waals surface area contributed by atoms with E-state index in [1.54, 1.807) is 12.1 Å². The van der Waals surface area contributed by atoms with Crippen molar-refractivity contribution in [3.8, 4) is 11.5 Å². The van der Waals surface area contributed by atoms with E-state index in [4.69, 9.17) is 9.47 Å². The molecular weight excluding hydrogens is 332 g/mol. The molecule has 0 atom stereocenters. The van der Waals surface area contributed by atoms with Crippen LogP contribution >= 0.6 is 0 Å². The van der Waals surface area contributed by atoms with Crippen LogP contribution in [-0.4, -0.2) is 25.7 Å². The number of carbonyl (C=O) groups excluding carboxylic acids is 2. The quantitative estimate of drug-likeness (QED) is 0.801. The van der Waals surface area contributed by atoms with Crippen LogP contribution in [0.15, 0.2) is 54.6 Å². The Balaban J connectivity index is 1.81. The van der Waals surface area contributed by atoms with E-state index in [1.807, 2.05) is 55.5 Å². The Kier molecular flexibility index (Phi) is 7.24. The van der Waals surface area contributed by atoms with Crippen molar-refractivity contribution < 1.29 is 19.1 Å². The molecule has 0 fully saturated rings. The second kappa shape index (κ2) is 9.88. The maximum absolute atomic E-state index is 11.9. The average Bonchev–Trinajstić information content (AvgIpc) is 2.66. The van der Waals surface area contributed by atoms with Crippen LogP contribution in [0.3, 0.4) is 0 Å². The van der Waals surface area contributed by atoms with Crippen LogP contribution in [-0.2, 0) is 11.3 Å². The molecule has 0 radical (unpaired) electrons. The predicted molar refractivity (Wildman–Crippen MR) is 100 cm³/mol. The zero-order valence-corrected chi connectivity index (χ0v) is 14.8. The van der Waals surface area contributed by atoms with Gasteiger partial charge in [-0.05, 0) is 30.2 Å². The van der Waals surface area contributed by atoms with Crippen LogP contribution in [0.1, 0.15) is 18.1 Å². The summed E-state index contributed by atoms with van der Waals surface area (Å²) in [6.07, 6.45) is 3.84. The van der Waals surface area contributed by atoms with Crippen LogP contribution in [0.25, 0.3) is 6.08 Å². The number of benzene rings is 2. The van der Waals surface area contributed by atoms with Gasteiger partial charge in [0.25, 0.3) is 5.91 Å². The summed E-state index contributed by atoms with van der Waals surface area (Å²) in [5, 5.41) is 4.84. The van der Waals surface area contributed by atoms with E-state index in [1.165, 1.54) is 7.11 Å². The molecule has 2 N–H and O–H groups in total. The number of allylic oxidation sites excluding steroid dienone is 1. The standard InChI is InChI=1S/C20H22N2O4/c1-3-7-15-10-11-17(18(12-15)25-2)26-14-19(23)22-20(24)21-13-16-8-5-4-6-9-16/h3-12H,13-14H2,1-2H3,(H2,21,22,23,24)/b7-3+. The molecule has 0 aliphatic heterocycles. The number of urea groups is 1. The normalized spacial score (nSPS) is 10.4. The van der Waals surface area contributed by atoms with Crippen LogP contribution < -0.4 is 20.1 Å². The molecule has 0 aliphatic rings. The number of rotatable bonds is 7. The van der Waals surface area contributed by atoms with E-state index in [2.05, 4.69) is 10.6 Å². The number of methoxy groups -OCH3 is 1. The Labute approximate surface area is 152 Å². The van der Waals surface area contributed by atoms with Crippen molar-refractivity contribution in [2.24, 2.45) is 0 Å². The molecule has 26 heavy (non-hydrogen) atoms. The van der Waals surface area contributed by atoms with Crippen LogP contribution in [0, 0.1) is 0 Å². The number of hydrogen-bond donors (Lipinski definition) is 2. The molecule has 3 amide bonds. The van der Waals surface area contributed by atoms with Crippen molar-refractivity contribution in [3.63, 3.8) is 0 Å². The predicted octanol–water partition coefficient (Wildman–Crippen LogP) is 3.13. The lowest BCUT2D eigenvalue weighted by Gasteiger charge is -2.11. The zero-order valence-electron chi connectivity index (χ0n) is 14.8. The maximum Gasteiger partial charge on any atom is 0.321 e. The van der Waals surface area contributed by atoms with Gasteiger partial charge in [-0.1, -0.05) is 48.6 Å². The zero-order chi connectivity index (χ0) is 18.8. The van der Waals surface area contributed by atoms with Gasteiger partial charge in [0, 0.05) is 6.54 Å². The van der Waals surface area contributed by atoms with Crippen molar-refractivity contribution in [2.45, 2.75) is 13.5 Å². The van der Waals surface area contributed by atoms with Gasteiger partial charge in [0.1, 0.15) is 0 Å². The molecule has 6 heteroatoms. The second-order valence-corrected chi connectivity index (χ2v) is 5.42. The van der Waals surface area contributed by atoms with Gasteiger partial charge in [-0.2, -0.15) is 0 Å². The minimum absolute atomic E-state index is 0.294. The van der Waals surface area contributed by atoms with Crippen LogP contribution in [0.2, 0.25) is 0 Å². The molecule has 0 saturated carbocycles. The monoisotopic (exact) mass is 354 g/mol. The highest BCUT2D eigenvalue weighted by Crippen LogP contribution is 2.28. The van der Waals surface area contributed by atoms with Crippen LogP contribution in [0.5, 0.6) is 11.5 Å². The summed E-state index contributed by atoms with van der Waals surface area (Å²) in [6.45, 7) is 1.96. The highest BCUT2D eigenvalue weighted by molar-refractivity contribution is 5.95. The van der Waals surface area contributed by atoms with E-state index in [9.17, 15) is 9.59 Å². The van der Waals surface area contributed by atoms with Gasteiger partial charge in [0.2, 0.25) is 0 Å². The number of hydrogen-bond acceptors (Lipinski definition) is 4. The average molecular weight is 354 g/mol. The molecule has 136 valence electrons. The number of imide groups is 1. The summed E-state index contributed by atoms with van der Waals surface area (Å²) in [5.74, 6) is 0.401. The third-order valence-electron chi connectivity index (χ3n) is 3.45. The number of amides is 3. The molecule has 0 bridgehead atoms. The molecule has 0 heterocycles. The van der Waals surface area contributed by atoms with E-state index >= 15 is 0 Å². The maximum atomic E-state index is 11.9. The van der Waals surface area contributed by atoms with Gasteiger partial charge in [-0.25, -0.2) is 4.79 Å². The van der Waals surface area contributed by atoms with E-state index in [0.717, 1.165) is 11.1 Å². The molecule has 0 unspecified atom stereocenters. The SMILES string of the molecule is C/C=C/c1ccc(OCC(=O)NC(=O)NCc2ccccc2)c(OC)c1. The highest BCUT2D eigenvalue weighted by Gasteiger charge is 2.11. The summed E-state index contributed by atoms with van der Waals surface area (Å²) in [5.41, 5.74) is 1.90. The molecule has 0 spiro atoms. The third-order valence-corrected chi connectivity index (χ3v) is 3.45. The topological polar surface area (TPSA) is 76.7 Å². The first kappa shape index (κ1) is 19.1. The van der Waals surface area contributed by atoms with Gasteiger partial charge in [0.15, 0.2) is 18.1 Å². The Morgan fingerprint density at radius 1 is 1.08 bits per heavy atom. The summed E-state index contributed by atoms with van der Waals surface area (Å²) in [4.78, 5) is 23.6. The van der Waals surface area contributed by atoms with Gasteiger partial charge in [-0.15, -0.1) is 0 Å². The largest absolute Gasteiger partial charge is 0.493 e. The van der Waals surface area contributed by atoms with Crippen molar-refractivity contribution in [2.75, 3.05) is 13.7 Å². The lowest BCUT2D eigenvalue weighted by Crippen LogP contribution is -2.41. The lowest BCUT2D eigenvalue weighted by molar-refractivity contribution is -0.122. The number of nitrogens with one attached hydrogen (secondary N) is 2. The lowest BCUT2D eigenvalue weighted by atomic mass is 10.2. The first-order chi connectivity index (χ1) is 12.6. The fourth-order valence-electron chi connectivity index (χ4n) is 2.23. The fourth-order valence-corrected chi connectivity index (χ4v) is 2.23. The summed E-state index contributed by atoms with van der Waals surface area (Å²) < 4.78 is 10.7. The number of carbonyl (C=O) groups is 2. The summed E-state index contributed by atoms with van der Waals surface area (Å²) in [7, 11) is 1.53. The Hall–Kier alpha value is -3.28. The number of ether oxygens (including phenoxy) is 2. The van der Waals surface area contributed by atoms with Gasteiger partial charge >= 0.3 is 6.03 Å². The van der Waals surface area contributed by atoms with Crippen molar-refractivity contribution in [1.29, 1.82) is 0 Å². The van der Waals surface area contributed by atoms with Crippen molar-refractivity contribution >= 4 is 18.0 Å². The first-order valence-corrected chi connectivity index (χ1v) is 8.17. The molecule has 2 aromatic rings. The van der Waals surface area contributed by atoms with E-state index in [0.29, 0.717) is 18.0 Å². The van der Waals surface area contributed by atoms with Crippen molar-refractivity contribution in [3.05, 3.63) is 65.7 Å². The smallest absolute Gasteiger partial charge is 0.321 e. The molecule has 6 nitrogen and oxygen atoms in total. The third kappa shape index (κ3) is 5.98. The Morgan fingerprint density at radius 3 is 2.54 bits per heavy atom. The summed E-state index contributed by atoms with van der Waals surface area (Å²) in [6, 6.07) is 14.2. The van der Waals surface area contributed by atoms with Gasteiger partial charge in [-0.3, -0.25) is 10.1 Å². The van der Waals surface area contributed by atoms with Gasteiger partial charge < -0.3 is 14.8 Å². The molecular formula is C20H22N2O4. The van der Waals surface area contributed by atoms with Crippen molar-refractivity contribution in [1.82, 2.24) is 10.6 Å². The summed E-state index contributed by atoms with van der Waals surface area (Å²) >= 11 is 0. The Morgan fingerprint density at radius 2 is 1.85 bits per heavy atom. The molecule has 0 aliphatic carbocycles. The van der Waals surface area contributed by atoms with Gasteiger partial charge in [0.05, 0.1) is 7.11 Å². The molecule has 2 aromatic carbocycles. The first-order valence-electron chi connectivity index (χ1n) is 8.17. The molecule has 0 saturated heterocycles.